The van der Waals surface area contributed by atoms with E-state index in [9.17, 15) is 9.59 Å². The van der Waals surface area contributed by atoms with E-state index < -0.39 is 6.04 Å². The molecule has 0 spiro atoms. The molecule has 2 amide bonds. The highest BCUT2D eigenvalue weighted by Crippen LogP contribution is 2.26. The maximum Gasteiger partial charge on any atom is 0.242 e. The minimum Gasteiger partial charge on any atom is -0.353 e. The minimum absolute atomic E-state index is 0.0529. The molecule has 1 aliphatic heterocycles. The number of aryl methyl sites for hydroxylation is 2. The van der Waals surface area contributed by atoms with Crippen LogP contribution in [0, 0.1) is 6.92 Å². The maximum absolute atomic E-state index is 12.3. The number of aromatic nitrogens is 2. The SMILES string of the molecule is Cc1cc(NC(=O)CN2CCNC(=O)[C@H]2c2cccs2)n(C)n1. The van der Waals surface area contributed by atoms with Crippen molar-refractivity contribution in [2.24, 2.45) is 7.05 Å². The smallest absolute Gasteiger partial charge is 0.242 e. The lowest BCUT2D eigenvalue weighted by atomic mass is 10.1. The third-order valence-electron chi connectivity index (χ3n) is 3.74. The van der Waals surface area contributed by atoms with Crippen LogP contribution in [0.1, 0.15) is 16.6 Å². The second-order valence-electron chi connectivity index (χ2n) is 5.52. The normalized spacial score (nSPS) is 18.7. The van der Waals surface area contributed by atoms with Crippen molar-refractivity contribution in [2.75, 3.05) is 25.0 Å². The maximum atomic E-state index is 12.3. The van der Waals surface area contributed by atoms with Crippen LogP contribution >= 0.6 is 11.3 Å². The van der Waals surface area contributed by atoms with E-state index in [-0.39, 0.29) is 18.4 Å². The van der Waals surface area contributed by atoms with Gasteiger partial charge in [0.2, 0.25) is 11.8 Å². The predicted octanol–water partition coefficient (Wildman–Crippen LogP) is 0.902. The van der Waals surface area contributed by atoms with Gasteiger partial charge in [0, 0.05) is 31.1 Å². The van der Waals surface area contributed by atoms with Gasteiger partial charge in [-0.1, -0.05) is 6.07 Å². The number of carbonyl (C=O) groups is 2. The Morgan fingerprint density at radius 2 is 2.39 bits per heavy atom. The molecule has 0 radical (unpaired) electrons. The van der Waals surface area contributed by atoms with Crippen LogP contribution in [-0.2, 0) is 16.6 Å². The number of nitrogens with one attached hydrogen (secondary N) is 2. The summed E-state index contributed by atoms with van der Waals surface area (Å²) in [5.74, 6) is 0.453. The number of hydrogen-bond donors (Lipinski definition) is 2. The van der Waals surface area contributed by atoms with Gasteiger partial charge in [-0.3, -0.25) is 19.2 Å². The fourth-order valence-corrected chi connectivity index (χ4v) is 3.59. The molecular weight excluding hydrogens is 314 g/mol. The zero-order valence-electron chi connectivity index (χ0n) is 13.1. The molecule has 23 heavy (non-hydrogen) atoms. The number of hydrogen-bond acceptors (Lipinski definition) is 5. The van der Waals surface area contributed by atoms with Crippen LogP contribution in [0.3, 0.4) is 0 Å². The molecule has 1 atom stereocenters. The molecule has 122 valence electrons. The second kappa shape index (κ2) is 6.51. The Morgan fingerprint density at radius 1 is 1.57 bits per heavy atom. The highest BCUT2D eigenvalue weighted by atomic mass is 32.1. The van der Waals surface area contributed by atoms with Crippen molar-refractivity contribution in [1.82, 2.24) is 20.0 Å². The molecule has 0 aromatic carbocycles. The lowest BCUT2D eigenvalue weighted by Gasteiger charge is -2.33. The molecule has 3 heterocycles. The van der Waals surface area contributed by atoms with Crippen LogP contribution in [-0.4, -0.2) is 46.1 Å². The summed E-state index contributed by atoms with van der Waals surface area (Å²) in [7, 11) is 1.78. The largest absolute Gasteiger partial charge is 0.353 e. The zero-order chi connectivity index (χ0) is 16.4. The first-order valence-electron chi connectivity index (χ1n) is 7.40. The van der Waals surface area contributed by atoms with Crippen molar-refractivity contribution in [3.05, 3.63) is 34.2 Å². The van der Waals surface area contributed by atoms with Crippen molar-refractivity contribution < 1.29 is 9.59 Å². The summed E-state index contributed by atoms with van der Waals surface area (Å²) < 4.78 is 1.63. The summed E-state index contributed by atoms with van der Waals surface area (Å²) >= 11 is 1.53. The summed E-state index contributed by atoms with van der Waals surface area (Å²) in [4.78, 5) is 27.4. The number of rotatable bonds is 4. The summed E-state index contributed by atoms with van der Waals surface area (Å²) in [5.41, 5.74) is 0.844. The summed E-state index contributed by atoms with van der Waals surface area (Å²) in [6.45, 7) is 3.24. The third-order valence-corrected chi connectivity index (χ3v) is 4.67. The van der Waals surface area contributed by atoms with E-state index in [1.165, 1.54) is 11.3 Å². The number of anilines is 1. The molecule has 2 aromatic heterocycles. The molecule has 1 saturated heterocycles. The van der Waals surface area contributed by atoms with Crippen LogP contribution in [0.4, 0.5) is 5.82 Å². The molecule has 0 bridgehead atoms. The van der Waals surface area contributed by atoms with E-state index in [0.29, 0.717) is 18.9 Å². The van der Waals surface area contributed by atoms with Crippen LogP contribution in [0.15, 0.2) is 23.6 Å². The molecule has 7 nitrogen and oxygen atoms in total. The molecule has 2 aromatic rings. The first-order chi connectivity index (χ1) is 11.0. The van der Waals surface area contributed by atoms with E-state index in [0.717, 1.165) is 10.6 Å². The average Bonchev–Trinajstić information content (AvgIpc) is 3.09. The summed E-state index contributed by atoms with van der Waals surface area (Å²) in [6, 6.07) is 5.26. The molecule has 2 N–H and O–H groups in total. The van der Waals surface area contributed by atoms with Crippen LogP contribution < -0.4 is 10.6 Å². The Hall–Kier alpha value is -2.19. The van der Waals surface area contributed by atoms with Gasteiger partial charge in [-0.15, -0.1) is 11.3 Å². The molecule has 1 fully saturated rings. The standard InChI is InChI=1S/C15H19N5O2S/c1-10-8-12(19(2)18-10)17-13(21)9-20-6-5-16-15(22)14(20)11-4-3-7-23-11/h3-4,7-8,14H,5-6,9H2,1-2H3,(H,16,22)(H,17,21)/t14-/m1/s1. The van der Waals surface area contributed by atoms with Crippen molar-refractivity contribution in [3.8, 4) is 0 Å². The van der Waals surface area contributed by atoms with Crippen LogP contribution in [0.2, 0.25) is 0 Å². The third kappa shape index (κ3) is 3.43. The van der Waals surface area contributed by atoms with Crippen molar-refractivity contribution in [3.63, 3.8) is 0 Å². The van der Waals surface area contributed by atoms with Gasteiger partial charge < -0.3 is 10.6 Å². The van der Waals surface area contributed by atoms with E-state index >= 15 is 0 Å². The number of carbonyl (C=O) groups excluding carboxylic acids is 2. The summed E-state index contributed by atoms with van der Waals surface area (Å²) in [6.07, 6.45) is 0. The van der Waals surface area contributed by atoms with Crippen molar-refractivity contribution in [2.45, 2.75) is 13.0 Å². The number of nitrogens with zero attached hydrogens (tertiary/aromatic N) is 3. The Kier molecular flexibility index (Phi) is 4.44. The van der Waals surface area contributed by atoms with Gasteiger partial charge in [-0.05, 0) is 18.4 Å². The highest BCUT2D eigenvalue weighted by Gasteiger charge is 2.33. The molecule has 0 saturated carbocycles. The zero-order valence-corrected chi connectivity index (χ0v) is 13.9. The molecule has 0 aliphatic carbocycles. The van der Waals surface area contributed by atoms with Crippen LogP contribution in [0.5, 0.6) is 0 Å². The quantitative estimate of drug-likeness (QED) is 0.871. The lowest BCUT2D eigenvalue weighted by Crippen LogP contribution is -2.51. The van der Waals surface area contributed by atoms with E-state index in [1.54, 1.807) is 11.7 Å². The number of amides is 2. The van der Waals surface area contributed by atoms with Gasteiger partial charge in [0.1, 0.15) is 11.9 Å². The fourth-order valence-electron chi connectivity index (χ4n) is 2.74. The Labute approximate surface area is 138 Å². The lowest BCUT2D eigenvalue weighted by molar-refractivity contribution is -0.130. The number of thiophene rings is 1. The average molecular weight is 333 g/mol. The predicted molar refractivity (Wildman–Crippen MR) is 88.2 cm³/mol. The van der Waals surface area contributed by atoms with Crippen molar-refractivity contribution in [1.29, 1.82) is 0 Å². The second-order valence-corrected chi connectivity index (χ2v) is 6.50. The van der Waals surface area contributed by atoms with E-state index in [4.69, 9.17) is 0 Å². The van der Waals surface area contributed by atoms with E-state index in [1.807, 2.05) is 35.4 Å². The van der Waals surface area contributed by atoms with Gasteiger partial charge in [0.25, 0.3) is 0 Å². The highest BCUT2D eigenvalue weighted by molar-refractivity contribution is 7.10. The van der Waals surface area contributed by atoms with Crippen molar-refractivity contribution >= 4 is 29.0 Å². The molecule has 1 aliphatic rings. The minimum atomic E-state index is -0.400. The fraction of sp³-hybridized carbons (Fsp3) is 0.400. The first kappa shape index (κ1) is 15.7. The monoisotopic (exact) mass is 333 g/mol. The Balaban J connectivity index is 1.71. The number of piperazine rings is 1. The van der Waals surface area contributed by atoms with Gasteiger partial charge in [-0.2, -0.15) is 5.10 Å². The molecule has 0 unspecified atom stereocenters. The van der Waals surface area contributed by atoms with Gasteiger partial charge in [0.05, 0.1) is 12.2 Å². The topological polar surface area (TPSA) is 79.3 Å². The summed E-state index contributed by atoms with van der Waals surface area (Å²) in [5, 5.41) is 11.9. The molecular formula is C15H19N5O2S. The molecule has 8 heteroatoms. The van der Waals surface area contributed by atoms with Crippen LogP contribution in [0.25, 0.3) is 0 Å². The Morgan fingerprint density at radius 3 is 3.04 bits per heavy atom. The van der Waals surface area contributed by atoms with Gasteiger partial charge in [0.15, 0.2) is 0 Å². The Bertz CT molecular complexity index is 710. The first-order valence-corrected chi connectivity index (χ1v) is 8.28. The van der Waals surface area contributed by atoms with E-state index in [2.05, 4.69) is 15.7 Å². The van der Waals surface area contributed by atoms with Gasteiger partial charge in [-0.25, -0.2) is 0 Å². The van der Waals surface area contributed by atoms with Gasteiger partial charge >= 0.3 is 0 Å². The molecule has 3 rings (SSSR count).